The highest BCUT2D eigenvalue weighted by atomic mass is 16.2. The van der Waals surface area contributed by atoms with Gasteiger partial charge in [-0.2, -0.15) is 5.26 Å². The van der Waals surface area contributed by atoms with Gasteiger partial charge in [0.2, 0.25) is 5.91 Å². The first-order chi connectivity index (χ1) is 9.20. The van der Waals surface area contributed by atoms with E-state index in [4.69, 9.17) is 5.26 Å². The molecule has 0 saturated carbocycles. The summed E-state index contributed by atoms with van der Waals surface area (Å²) < 4.78 is 0. The second kappa shape index (κ2) is 6.01. The maximum atomic E-state index is 11.9. The van der Waals surface area contributed by atoms with Crippen LogP contribution in [-0.2, 0) is 11.2 Å². The molecular weight excluding hydrogens is 242 g/mol. The molecule has 2 amide bonds. The fourth-order valence-corrected chi connectivity index (χ4v) is 1.99. The van der Waals surface area contributed by atoms with Crippen LogP contribution in [0.15, 0.2) is 18.2 Å². The molecule has 0 unspecified atom stereocenters. The molecular formula is C14H15N3O2. The molecule has 0 aliphatic carbocycles. The van der Waals surface area contributed by atoms with Gasteiger partial charge in [-0.15, -0.1) is 0 Å². The Bertz CT molecular complexity index is 546. The van der Waals surface area contributed by atoms with Gasteiger partial charge in [-0.05, 0) is 30.5 Å². The predicted molar refractivity (Wildman–Crippen MR) is 70.6 cm³/mol. The van der Waals surface area contributed by atoms with Gasteiger partial charge >= 0.3 is 0 Å². The molecule has 1 aliphatic rings. The number of hydrogen-bond donors (Lipinski definition) is 2. The molecule has 1 aliphatic heterocycles. The van der Waals surface area contributed by atoms with Gasteiger partial charge in [0.1, 0.15) is 0 Å². The van der Waals surface area contributed by atoms with Crippen LogP contribution in [0.4, 0.5) is 5.69 Å². The van der Waals surface area contributed by atoms with Crippen molar-refractivity contribution in [1.82, 2.24) is 5.32 Å². The molecule has 1 heterocycles. The van der Waals surface area contributed by atoms with Gasteiger partial charge in [0.25, 0.3) is 5.91 Å². The smallest absolute Gasteiger partial charge is 0.251 e. The lowest BCUT2D eigenvalue weighted by atomic mass is 10.1. The molecule has 2 rings (SSSR count). The van der Waals surface area contributed by atoms with E-state index in [-0.39, 0.29) is 11.8 Å². The minimum atomic E-state index is -0.152. The lowest BCUT2D eigenvalue weighted by molar-refractivity contribution is -0.115. The second-order valence-electron chi connectivity index (χ2n) is 4.47. The van der Waals surface area contributed by atoms with Crippen molar-refractivity contribution in [3.8, 4) is 6.07 Å². The minimum Gasteiger partial charge on any atom is -0.352 e. The molecule has 0 aromatic heterocycles. The lowest BCUT2D eigenvalue weighted by Crippen LogP contribution is -2.24. The molecule has 0 spiro atoms. The van der Waals surface area contributed by atoms with Crippen LogP contribution in [0.2, 0.25) is 0 Å². The summed E-state index contributed by atoms with van der Waals surface area (Å²) in [5.41, 5.74) is 2.19. The summed E-state index contributed by atoms with van der Waals surface area (Å²) in [4.78, 5) is 23.1. The fraction of sp³-hybridized carbons (Fsp3) is 0.357. The number of hydrogen-bond acceptors (Lipinski definition) is 3. The van der Waals surface area contributed by atoms with Crippen LogP contribution >= 0.6 is 0 Å². The van der Waals surface area contributed by atoms with E-state index in [1.165, 1.54) is 0 Å². The Morgan fingerprint density at radius 3 is 3.05 bits per heavy atom. The highest BCUT2D eigenvalue weighted by molar-refractivity contribution is 6.02. The van der Waals surface area contributed by atoms with Gasteiger partial charge in [-0.3, -0.25) is 9.59 Å². The number of carbonyl (C=O) groups excluding carboxylic acids is 2. The van der Waals surface area contributed by atoms with Crippen LogP contribution < -0.4 is 10.6 Å². The van der Waals surface area contributed by atoms with E-state index in [9.17, 15) is 9.59 Å². The average Bonchev–Trinajstić information content (AvgIpc) is 2.77. The van der Waals surface area contributed by atoms with Crippen molar-refractivity contribution >= 4 is 17.5 Å². The SMILES string of the molecule is N#CCCCCNC(=O)c1ccc2c(c1)NC(=O)C2. The molecule has 5 nitrogen and oxygen atoms in total. The van der Waals surface area contributed by atoms with Crippen LogP contribution in [-0.4, -0.2) is 18.4 Å². The standard InChI is InChI=1S/C14H15N3O2/c15-6-2-1-3-7-16-14(19)11-5-4-10-9-13(18)17-12(10)8-11/h4-5,8H,1-3,7,9H2,(H,16,19)(H,17,18). The van der Waals surface area contributed by atoms with E-state index in [0.29, 0.717) is 24.9 Å². The number of benzene rings is 1. The fourth-order valence-electron chi connectivity index (χ4n) is 1.99. The summed E-state index contributed by atoms with van der Waals surface area (Å²) in [6.45, 7) is 0.559. The molecule has 0 radical (unpaired) electrons. The summed E-state index contributed by atoms with van der Waals surface area (Å²) >= 11 is 0. The van der Waals surface area contributed by atoms with Crippen molar-refractivity contribution in [2.45, 2.75) is 25.7 Å². The predicted octanol–water partition coefficient (Wildman–Crippen LogP) is 1.60. The molecule has 1 aromatic carbocycles. The van der Waals surface area contributed by atoms with Crippen molar-refractivity contribution in [3.05, 3.63) is 29.3 Å². The molecule has 19 heavy (non-hydrogen) atoms. The second-order valence-corrected chi connectivity index (χ2v) is 4.47. The third kappa shape index (κ3) is 3.32. The molecule has 5 heteroatoms. The van der Waals surface area contributed by atoms with Crippen molar-refractivity contribution in [2.24, 2.45) is 0 Å². The summed E-state index contributed by atoms with van der Waals surface area (Å²) in [6.07, 6.45) is 2.48. The van der Waals surface area contributed by atoms with E-state index in [1.807, 2.05) is 0 Å². The summed E-state index contributed by atoms with van der Waals surface area (Å²) in [6, 6.07) is 7.30. The van der Waals surface area contributed by atoms with Crippen LogP contribution in [0.1, 0.15) is 35.2 Å². The van der Waals surface area contributed by atoms with Gasteiger partial charge in [-0.25, -0.2) is 0 Å². The minimum absolute atomic E-state index is 0.0379. The largest absolute Gasteiger partial charge is 0.352 e. The number of rotatable bonds is 5. The summed E-state index contributed by atoms with van der Waals surface area (Å²) in [5.74, 6) is -0.190. The van der Waals surface area contributed by atoms with Gasteiger partial charge in [0, 0.05) is 24.2 Å². The van der Waals surface area contributed by atoms with Crippen molar-refractivity contribution < 1.29 is 9.59 Å². The van der Waals surface area contributed by atoms with Gasteiger partial charge in [-0.1, -0.05) is 6.07 Å². The highest BCUT2D eigenvalue weighted by Crippen LogP contribution is 2.23. The zero-order valence-electron chi connectivity index (χ0n) is 10.5. The van der Waals surface area contributed by atoms with Gasteiger partial charge in [0.15, 0.2) is 0 Å². The highest BCUT2D eigenvalue weighted by Gasteiger charge is 2.18. The summed E-state index contributed by atoms with van der Waals surface area (Å²) in [5, 5.41) is 13.9. The number of fused-ring (bicyclic) bond motifs is 1. The molecule has 0 saturated heterocycles. The number of amides is 2. The Labute approximate surface area is 111 Å². The van der Waals surface area contributed by atoms with E-state index in [0.717, 1.165) is 24.1 Å². The molecule has 0 fully saturated rings. The average molecular weight is 257 g/mol. The van der Waals surface area contributed by atoms with E-state index >= 15 is 0 Å². The quantitative estimate of drug-likeness (QED) is 0.786. The first-order valence-corrected chi connectivity index (χ1v) is 6.28. The van der Waals surface area contributed by atoms with Crippen molar-refractivity contribution in [2.75, 3.05) is 11.9 Å². The first-order valence-electron chi connectivity index (χ1n) is 6.28. The van der Waals surface area contributed by atoms with Crippen LogP contribution in [0.25, 0.3) is 0 Å². The Kier molecular flexibility index (Phi) is 4.14. The molecule has 98 valence electrons. The van der Waals surface area contributed by atoms with Gasteiger partial charge in [0.05, 0.1) is 12.5 Å². The molecule has 0 atom stereocenters. The Morgan fingerprint density at radius 2 is 2.26 bits per heavy atom. The molecule has 0 bridgehead atoms. The maximum absolute atomic E-state index is 11.9. The molecule has 1 aromatic rings. The van der Waals surface area contributed by atoms with Crippen LogP contribution in [0.3, 0.4) is 0 Å². The van der Waals surface area contributed by atoms with Crippen LogP contribution in [0, 0.1) is 11.3 Å². The summed E-state index contributed by atoms with van der Waals surface area (Å²) in [7, 11) is 0. The number of nitriles is 1. The zero-order valence-corrected chi connectivity index (χ0v) is 10.5. The van der Waals surface area contributed by atoms with Crippen molar-refractivity contribution in [3.63, 3.8) is 0 Å². The number of carbonyl (C=O) groups is 2. The van der Waals surface area contributed by atoms with E-state index in [1.54, 1.807) is 18.2 Å². The third-order valence-corrected chi connectivity index (χ3v) is 3.00. The van der Waals surface area contributed by atoms with Crippen LogP contribution in [0.5, 0.6) is 0 Å². The van der Waals surface area contributed by atoms with Crippen molar-refractivity contribution in [1.29, 1.82) is 5.26 Å². The topological polar surface area (TPSA) is 82.0 Å². The lowest BCUT2D eigenvalue weighted by Gasteiger charge is -2.06. The van der Waals surface area contributed by atoms with E-state index < -0.39 is 0 Å². The number of nitrogens with zero attached hydrogens (tertiary/aromatic N) is 1. The third-order valence-electron chi connectivity index (χ3n) is 3.00. The zero-order chi connectivity index (χ0) is 13.7. The normalized spacial score (nSPS) is 12.5. The Hall–Kier alpha value is -2.35. The first kappa shape index (κ1) is 13.1. The monoisotopic (exact) mass is 257 g/mol. The molecule has 2 N–H and O–H groups in total. The number of anilines is 1. The number of nitrogens with one attached hydrogen (secondary N) is 2. The Morgan fingerprint density at radius 1 is 1.42 bits per heavy atom. The number of unbranched alkanes of at least 4 members (excludes halogenated alkanes) is 2. The maximum Gasteiger partial charge on any atom is 0.251 e. The van der Waals surface area contributed by atoms with E-state index in [2.05, 4.69) is 16.7 Å². The Balaban J connectivity index is 1.88. The van der Waals surface area contributed by atoms with Gasteiger partial charge < -0.3 is 10.6 Å².